The number of hydrogen-bond donors (Lipinski definition) is 0. The van der Waals surface area contributed by atoms with Gasteiger partial charge in [-0.05, 0) is 0 Å². The van der Waals surface area contributed by atoms with Gasteiger partial charge in [0.2, 0.25) is 0 Å². The molecule has 0 heterocycles. The van der Waals surface area contributed by atoms with Crippen LogP contribution in [0, 0.1) is 0 Å². The molecular formula is C14H24GeNO6. The maximum absolute atomic E-state index is 12.1. The third-order valence-electron chi connectivity index (χ3n) is 2.64. The number of carbonyl (C=O) groups is 2. The van der Waals surface area contributed by atoms with Crippen molar-refractivity contribution in [3.05, 3.63) is 24.3 Å². The first-order valence-corrected chi connectivity index (χ1v) is 7.41. The zero-order chi connectivity index (χ0) is 14.3. The standard InChI is InChI=1S/C14H18GeNO3.3H2O/c1-3-16(12-7-5-11(15)6-8-12)13(17)9-10-14(18)19-4-2;;;/h5-8H,3-4,9-10H2,1-2H3;3*1H2. The Kier molecular flexibility index (Phi) is 15.4. The van der Waals surface area contributed by atoms with Gasteiger partial charge in [-0.1, -0.05) is 0 Å². The number of esters is 1. The van der Waals surface area contributed by atoms with E-state index in [1.54, 1.807) is 11.8 Å². The van der Waals surface area contributed by atoms with Crippen molar-refractivity contribution in [2.24, 2.45) is 0 Å². The fourth-order valence-electron chi connectivity index (χ4n) is 1.72. The van der Waals surface area contributed by atoms with Crippen LogP contribution in [0.15, 0.2) is 24.3 Å². The topological polar surface area (TPSA) is 141 Å². The Morgan fingerprint density at radius 2 is 1.59 bits per heavy atom. The van der Waals surface area contributed by atoms with Crippen LogP contribution in [0.5, 0.6) is 0 Å². The van der Waals surface area contributed by atoms with Gasteiger partial charge in [-0.25, -0.2) is 0 Å². The maximum atomic E-state index is 12.1. The van der Waals surface area contributed by atoms with E-state index in [2.05, 4.69) is 0 Å². The van der Waals surface area contributed by atoms with Gasteiger partial charge in [-0.15, -0.1) is 0 Å². The number of anilines is 1. The van der Waals surface area contributed by atoms with E-state index in [1.165, 1.54) is 0 Å². The van der Waals surface area contributed by atoms with Gasteiger partial charge in [0.15, 0.2) is 0 Å². The van der Waals surface area contributed by atoms with E-state index in [1.807, 2.05) is 47.7 Å². The zero-order valence-corrected chi connectivity index (χ0v) is 14.9. The van der Waals surface area contributed by atoms with Crippen molar-refractivity contribution in [1.82, 2.24) is 0 Å². The molecule has 125 valence electrons. The van der Waals surface area contributed by atoms with E-state index in [4.69, 9.17) is 4.74 Å². The number of benzene rings is 1. The molecule has 0 spiro atoms. The third-order valence-corrected chi connectivity index (χ3v) is 3.34. The van der Waals surface area contributed by atoms with Crippen LogP contribution in [-0.4, -0.2) is 58.0 Å². The average molecular weight is 375 g/mol. The van der Waals surface area contributed by atoms with Gasteiger partial charge in [-0.2, -0.15) is 0 Å². The van der Waals surface area contributed by atoms with Gasteiger partial charge in [0, 0.05) is 0 Å². The van der Waals surface area contributed by atoms with Crippen molar-refractivity contribution < 1.29 is 30.8 Å². The fourth-order valence-corrected chi connectivity index (χ4v) is 2.07. The summed E-state index contributed by atoms with van der Waals surface area (Å²) in [4.78, 5) is 25.0. The molecule has 1 amide bonds. The quantitative estimate of drug-likeness (QED) is 0.451. The minimum absolute atomic E-state index is 0. The van der Waals surface area contributed by atoms with Gasteiger partial charge in [0.1, 0.15) is 0 Å². The molecule has 0 saturated carbocycles. The van der Waals surface area contributed by atoms with Gasteiger partial charge >= 0.3 is 122 Å². The normalized spacial score (nSPS) is 8.68. The summed E-state index contributed by atoms with van der Waals surface area (Å²) in [5.41, 5.74) is 0.863. The molecule has 0 fully saturated rings. The first kappa shape index (κ1) is 25.5. The molecule has 8 heteroatoms. The SMILES string of the molecule is CCOC(=O)CCC(=O)N(CC)c1cc[c]([Ge])cc1.O.O.O. The summed E-state index contributed by atoms with van der Waals surface area (Å²) in [6.45, 7) is 4.61. The van der Waals surface area contributed by atoms with Crippen LogP contribution < -0.4 is 9.30 Å². The number of ether oxygens (including phenoxy) is 1. The Labute approximate surface area is 138 Å². The molecule has 0 aliphatic rings. The molecule has 0 aliphatic carbocycles. The van der Waals surface area contributed by atoms with E-state index in [0.717, 1.165) is 10.1 Å². The van der Waals surface area contributed by atoms with Crippen LogP contribution in [0.1, 0.15) is 26.7 Å². The molecule has 0 atom stereocenters. The Bertz CT molecular complexity index is 437. The number of nitrogens with zero attached hydrogens (tertiary/aromatic N) is 1. The molecule has 1 rings (SSSR count). The smallest absolute Gasteiger partial charge is 0.412 e. The van der Waals surface area contributed by atoms with Crippen LogP contribution in [0.2, 0.25) is 0 Å². The van der Waals surface area contributed by atoms with Gasteiger partial charge in [0.25, 0.3) is 0 Å². The van der Waals surface area contributed by atoms with Crippen LogP contribution >= 0.6 is 0 Å². The van der Waals surface area contributed by atoms with Crippen LogP contribution in [0.3, 0.4) is 0 Å². The Morgan fingerprint density at radius 1 is 1.05 bits per heavy atom. The number of carbonyl (C=O) groups excluding carboxylic acids is 2. The summed E-state index contributed by atoms with van der Waals surface area (Å²) in [5, 5.41) is 0. The summed E-state index contributed by atoms with van der Waals surface area (Å²) in [6.07, 6.45) is 0.315. The second-order valence-corrected chi connectivity index (χ2v) is 5.20. The van der Waals surface area contributed by atoms with E-state index >= 15 is 0 Å². The molecule has 0 saturated heterocycles. The van der Waals surface area contributed by atoms with Gasteiger partial charge in [-0.3, -0.25) is 0 Å². The number of amides is 1. The number of hydrogen-bond acceptors (Lipinski definition) is 3. The van der Waals surface area contributed by atoms with Crippen LogP contribution in [0.4, 0.5) is 5.69 Å². The first-order valence-electron chi connectivity index (χ1n) is 6.36. The van der Waals surface area contributed by atoms with Gasteiger partial charge in [0.05, 0.1) is 0 Å². The summed E-state index contributed by atoms with van der Waals surface area (Å²) >= 11 is 2.00. The third kappa shape index (κ3) is 8.13. The minimum atomic E-state index is -0.323. The van der Waals surface area contributed by atoms with E-state index in [0.29, 0.717) is 13.2 Å². The predicted octanol–water partition coefficient (Wildman–Crippen LogP) is -1.30. The summed E-state index contributed by atoms with van der Waals surface area (Å²) < 4.78 is 5.97. The average Bonchev–Trinajstić information content (AvgIpc) is 2.40. The van der Waals surface area contributed by atoms with Gasteiger partial charge < -0.3 is 16.4 Å². The molecule has 0 unspecified atom stereocenters. The first-order chi connectivity index (χ1) is 9.08. The molecule has 22 heavy (non-hydrogen) atoms. The molecule has 3 radical (unpaired) electrons. The van der Waals surface area contributed by atoms with Crippen LogP contribution in [0.25, 0.3) is 0 Å². The fraction of sp³-hybridized carbons (Fsp3) is 0.429. The molecule has 1 aromatic carbocycles. The molecule has 0 bridgehead atoms. The molecule has 7 nitrogen and oxygen atoms in total. The minimum Gasteiger partial charge on any atom is -0.412 e. The second kappa shape index (κ2) is 13.3. The Morgan fingerprint density at radius 3 is 2.05 bits per heavy atom. The summed E-state index contributed by atoms with van der Waals surface area (Å²) in [7, 11) is 0. The van der Waals surface area contributed by atoms with E-state index in [-0.39, 0.29) is 41.1 Å². The van der Waals surface area contributed by atoms with Crippen LogP contribution in [-0.2, 0) is 14.3 Å². The molecule has 1 aromatic rings. The van der Waals surface area contributed by atoms with Crippen molar-refractivity contribution in [2.45, 2.75) is 26.7 Å². The Hall–Kier alpha value is -1.42. The Balaban J connectivity index is -0.00000120. The van der Waals surface area contributed by atoms with Crippen molar-refractivity contribution in [2.75, 3.05) is 18.1 Å². The number of rotatable bonds is 6. The van der Waals surface area contributed by atoms with Crippen molar-refractivity contribution in [3.63, 3.8) is 0 Å². The maximum Gasteiger partial charge on any atom is -0.412 e. The monoisotopic (exact) mass is 376 g/mol. The summed E-state index contributed by atoms with van der Waals surface area (Å²) in [6, 6.07) is 7.77. The molecule has 6 N–H and O–H groups in total. The molecule has 0 aromatic heterocycles. The van der Waals surface area contributed by atoms with E-state index in [9.17, 15) is 9.59 Å². The van der Waals surface area contributed by atoms with Crippen molar-refractivity contribution >= 4 is 38.5 Å². The zero-order valence-electron chi connectivity index (χ0n) is 12.8. The van der Waals surface area contributed by atoms with Crippen molar-refractivity contribution in [3.8, 4) is 0 Å². The molecular weight excluding hydrogens is 351 g/mol. The molecule has 0 aliphatic heterocycles. The predicted molar refractivity (Wildman–Crippen MR) is 86.6 cm³/mol. The summed E-state index contributed by atoms with van der Waals surface area (Å²) in [5.74, 6) is -0.379. The van der Waals surface area contributed by atoms with Crippen molar-refractivity contribution in [1.29, 1.82) is 0 Å². The second-order valence-electron chi connectivity index (χ2n) is 3.99. The largest absolute Gasteiger partial charge is 0.412 e. The van der Waals surface area contributed by atoms with E-state index < -0.39 is 0 Å².